The molecule has 92 valence electrons. The molecule has 0 aromatic carbocycles. The first-order valence-electron chi connectivity index (χ1n) is 5.38. The van der Waals surface area contributed by atoms with Gasteiger partial charge in [0.05, 0.1) is 6.61 Å². The first-order chi connectivity index (χ1) is 7.61. The van der Waals surface area contributed by atoms with Crippen LogP contribution in [0.5, 0.6) is 0 Å². The summed E-state index contributed by atoms with van der Waals surface area (Å²) >= 11 is 0. The smallest absolute Gasteiger partial charge is 0.242 e. The van der Waals surface area contributed by atoms with Crippen molar-refractivity contribution in [1.82, 2.24) is 10.2 Å². The molecule has 0 aromatic rings. The van der Waals surface area contributed by atoms with Crippen molar-refractivity contribution in [3.8, 4) is 0 Å². The second kappa shape index (κ2) is 5.81. The number of nitrogens with two attached hydrogens (primary N) is 1. The number of rotatable bonds is 4. The van der Waals surface area contributed by atoms with Gasteiger partial charge in [0.2, 0.25) is 11.8 Å². The Morgan fingerprint density at radius 2 is 2.31 bits per heavy atom. The molecule has 1 heterocycles. The molecule has 1 aliphatic heterocycles. The van der Waals surface area contributed by atoms with Crippen molar-refractivity contribution < 1.29 is 14.3 Å². The van der Waals surface area contributed by atoms with Gasteiger partial charge in [-0.3, -0.25) is 9.59 Å². The van der Waals surface area contributed by atoms with E-state index in [0.717, 1.165) is 6.42 Å². The van der Waals surface area contributed by atoms with E-state index in [2.05, 4.69) is 5.32 Å². The molecule has 1 saturated heterocycles. The van der Waals surface area contributed by atoms with Crippen molar-refractivity contribution in [1.29, 1.82) is 0 Å². The molecular weight excluding hydrogens is 210 g/mol. The van der Waals surface area contributed by atoms with Gasteiger partial charge in [0.1, 0.15) is 12.1 Å². The normalized spacial score (nSPS) is 21.9. The van der Waals surface area contributed by atoms with Crippen LogP contribution in [0, 0.1) is 0 Å². The molecular formula is C10H19N3O3. The minimum absolute atomic E-state index is 0.129. The van der Waals surface area contributed by atoms with Crippen molar-refractivity contribution in [2.75, 3.05) is 27.3 Å². The van der Waals surface area contributed by atoms with Gasteiger partial charge in [0.15, 0.2) is 0 Å². The van der Waals surface area contributed by atoms with E-state index in [9.17, 15) is 9.59 Å². The van der Waals surface area contributed by atoms with E-state index >= 15 is 0 Å². The van der Waals surface area contributed by atoms with Gasteiger partial charge in [-0.25, -0.2) is 0 Å². The molecule has 1 rings (SSSR count). The summed E-state index contributed by atoms with van der Waals surface area (Å²) in [4.78, 5) is 25.0. The standard InChI is InChI=1S/C10H19N3O3/c1-12-9(14)8-4-3-5-13(8)10(15)7(11)6-16-2/h7-8H,3-6,11H2,1-2H3,(H,12,14). The Balaban J connectivity index is 2.64. The number of carbonyl (C=O) groups excluding carboxylic acids is 2. The maximum absolute atomic E-state index is 11.9. The van der Waals surface area contributed by atoms with Crippen LogP contribution in [0.3, 0.4) is 0 Å². The minimum Gasteiger partial charge on any atom is -0.383 e. The number of likely N-dealkylation sites (N-methyl/N-ethyl adjacent to an activating group) is 1. The third-order valence-electron chi connectivity index (χ3n) is 2.75. The Labute approximate surface area is 95.1 Å². The first kappa shape index (κ1) is 12.9. The highest BCUT2D eigenvalue weighted by Crippen LogP contribution is 2.18. The summed E-state index contributed by atoms with van der Waals surface area (Å²) in [5.41, 5.74) is 5.66. The van der Waals surface area contributed by atoms with E-state index in [1.807, 2.05) is 0 Å². The Morgan fingerprint density at radius 3 is 2.88 bits per heavy atom. The molecule has 0 aliphatic carbocycles. The van der Waals surface area contributed by atoms with Gasteiger partial charge in [-0.2, -0.15) is 0 Å². The Morgan fingerprint density at radius 1 is 1.62 bits per heavy atom. The molecule has 0 radical (unpaired) electrons. The van der Waals surface area contributed by atoms with Crippen LogP contribution < -0.4 is 11.1 Å². The van der Waals surface area contributed by atoms with Crippen molar-refractivity contribution in [3.05, 3.63) is 0 Å². The molecule has 6 heteroatoms. The highest BCUT2D eigenvalue weighted by molar-refractivity contribution is 5.90. The van der Waals surface area contributed by atoms with E-state index in [1.165, 1.54) is 7.11 Å². The Hall–Kier alpha value is -1.14. The molecule has 2 amide bonds. The third kappa shape index (κ3) is 2.70. The predicted molar refractivity (Wildman–Crippen MR) is 58.7 cm³/mol. The molecule has 0 saturated carbocycles. The Kier molecular flexibility index (Phi) is 4.70. The fraction of sp³-hybridized carbons (Fsp3) is 0.800. The summed E-state index contributed by atoms with van der Waals surface area (Å²) in [5, 5.41) is 2.56. The van der Waals surface area contributed by atoms with Crippen LogP contribution >= 0.6 is 0 Å². The SMILES string of the molecule is CNC(=O)C1CCCN1C(=O)C(N)COC. The average Bonchev–Trinajstić information content (AvgIpc) is 2.76. The van der Waals surface area contributed by atoms with Crippen molar-refractivity contribution in [2.45, 2.75) is 24.9 Å². The van der Waals surface area contributed by atoms with E-state index < -0.39 is 6.04 Å². The van der Waals surface area contributed by atoms with Gasteiger partial charge in [-0.1, -0.05) is 0 Å². The van der Waals surface area contributed by atoms with Crippen molar-refractivity contribution in [3.63, 3.8) is 0 Å². The zero-order valence-corrected chi connectivity index (χ0v) is 9.73. The number of ether oxygens (including phenoxy) is 1. The molecule has 1 fully saturated rings. The van der Waals surface area contributed by atoms with Crippen LogP contribution in [0.4, 0.5) is 0 Å². The number of nitrogens with one attached hydrogen (secondary N) is 1. The molecule has 6 nitrogen and oxygen atoms in total. The fourth-order valence-corrected chi connectivity index (χ4v) is 1.93. The molecule has 16 heavy (non-hydrogen) atoms. The zero-order valence-electron chi connectivity index (χ0n) is 9.73. The van der Waals surface area contributed by atoms with Crippen LogP contribution in [-0.2, 0) is 14.3 Å². The van der Waals surface area contributed by atoms with E-state index in [0.29, 0.717) is 13.0 Å². The number of amides is 2. The maximum Gasteiger partial charge on any atom is 0.242 e. The molecule has 3 N–H and O–H groups in total. The molecule has 0 spiro atoms. The van der Waals surface area contributed by atoms with Crippen molar-refractivity contribution >= 4 is 11.8 Å². The highest BCUT2D eigenvalue weighted by Gasteiger charge is 2.35. The van der Waals surface area contributed by atoms with E-state index in [-0.39, 0.29) is 24.5 Å². The topological polar surface area (TPSA) is 84.7 Å². The summed E-state index contributed by atoms with van der Waals surface area (Å²) < 4.78 is 4.83. The van der Waals surface area contributed by atoms with Crippen LogP contribution in [0.25, 0.3) is 0 Å². The van der Waals surface area contributed by atoms with Gasteiger partial charge in [-0.15, -0.1) is 0 Å². The van der Waals surface area contributed by atoms with Gasteiger partial charge in [-0.05, 0) is 12.8 Å². The maximum atomic E-state index is 11.9. The van der Waals surface area contributed by atoms with Crippen LogP contribution in [0.15, 0.2) is 0 Å². The molecule has 2 unspecified atom stereocenters. The molecule has 0 bridgehead atoms. The summed E-state index contributed by atoms with van der Waals surface area (Å²) in [6.07, 6.45) is 1.54. The van der Waals surface area contributed by atoms with Gasteiger partial charge in [0.25, 0.3) is 0 Å². The van der Waals surface area contributed by atoms with Gasteiger partial charge >= 0.3 is 0 Å². The van der Waals surface area contributed by atoms with Crippen LogP contribution in [0.1, 0.15) is 12.8 Å². The number of methoxy groups -OCH3 is 1. The largest absolute Gasteiger partial charge is 0.383 e. The fourth-order valence-electron chi connectivity index (χ4n) is 1.93. The summed E-state index contributed by atoms with van der Waals surface area (Å²) in [5.74, 6) is -0.344. The quantitative estimate of drug-likeness (QED) is 0.627. The first-order valence-corrected chi connectivity index (χ1v) is 5.38. The zero-order chi connectivity index (χ0) is 12.1. The predicted octanol–water partition coefficient (Wildman–Crippen LogP) is -1.30. The average molecular weight is 229 g/mol. The van der Waals surface area contributed by atoms with Gasteiger partial charge in [0, 0.05) is 20.7 Å². The van der Waals surface area contributed by atoms with Crippen LogP contribution in [-0.4, -0.2) is 56.1 Å². The number of hydrogen-bond acceptors (Lipinski definition) is 4. The third-order valence-corrected chi connectivity index (χ3v) is 2.75. The van der Waals surface area contributed by atoms with Crippen molar-refractivity contribution in [2.24, 2.45) is 5.73 Å². The lowest BCUT2D eigenvalue weighted by atomic mass is 10.2. The minimum atomic E-state index is -0.685. The lowest BCUT2D eigenvalue weighted by molar-refractivity contribution is -0.140. The second-order valence-electron chi connectivity index (χ2n) is 3.87. The lowest BCUT2D eigenvalue weighted by Crippen LogP contribution is -2.51. The number of likely N-dealkylation sites (tertiary alicyclic amines) is 1. The molecule has 0 aromatic heterocycles. The Bertz CT molecular complexity index is 270. The summed E-state index contributed by atoms with van der Waals surface area (Å²) in [6.45, 7) is 0.768. The monoisotopic (exact) mass is 229 g/mol. The summed E-state index contributed by atoms with van der Waals surface area (Å²) in [6, 6.07) is -1.06. The number of carbonyl (C=O) groups is 2. The highest BCUT2D eigenvalue weighted by atomic mass is 16.5. The van der Waals surface area contributed by atoms with E-state index in [4.69, 9.17) is 10.5 Å². The second-order valence-corrected chi connectivity index (χ2v) is 3.87. The van der Waals surface area contributed by atoms with Gasteiger partial charge < -0.3 is 20.7 Å². The number of nitrogens with zero attached hydrogens (tertiary/aromatic N) is 1. The number of hydrogen-bond donors (Lipinski definition) is 2. The molecule has 1 aliphatic rings. The van der Waals surface area contributed by atoms with E-state index in [1.54, 1.807) is 11.9 Å². The lowest BCUT2D eigenvalue weighted by Gasteiger charge is -2.25. The van der Waals surface area contributed by atoms with Crippen LogP contribution in [0.2, 0.25) is 0 Å². The summed E-state index contributed by atoms with van der Waals surface area (Å²) in [7, 11) is 3.06. The molecule has 2 atom stereocenters.